The van der Waals surface area contributed by atoms with E-state index in [0.29, 0.717) is 16.9 Å². The van der Waals surface area contributed by atoms with Crippen LogP contribution in [0.1, 0.15) is 10.4 Å². The first-order valence-electron chi connectivity index (χ1n) is 9.72. The Kier molecular flexibility index (Phi) is 4.97. The highest BCUT2D eigenvalue weighted by atomic mass is 19.1. The highest BCUT2D eigenvalue weighted by Crippen LogP contribution is 2.32. The second-order valence-corrected chi connectivity index (χ2v) is 6.94. The summed E-state index contributed by atoms with van der Waals surface area (Å²) < 4.78 is 14.7. The molecule has 0 unspecified atom stereocenters. The molecule has 9 heteroatoms. The number of hydrogen-bond acceptors (Lipinski definition) is 6. The fourth-order valence-corrected chi connectivity index (χ4v) is 3.42. The standard InChI is InChI=1S/C23H16FN7O/c24-15-5-7-16(8-6-15)27-20-9-10-21(19-13-25-12-11-17(19)20)28-23(32)18-3-1-2-4-22(18)31-14-26-29-30-31/h1-14,27H,(H,28,32). The van der Waals surface area contributed by atoms with Crippen molar-refractivity contribution in [1.82, 2.24) is 25.2 Å². The van der Waals surface area contributed by atoms with E-state index in [1.807, 2.05) is 18.2 Å². The maximum atomic E-state index is 13.2. The van der Waals surface area contributed by atoms with Crippen molar-refractivity contribution in [3.63, 3.8) is 0 Å². The third kappa shape index (κ3) is 3.74. The molecule has 3 aromatic carbocycles. The number of aromatic nitrogens is 5. The maximum Gasteiger partial charge on any atom is 0.257 e. The quantitative estimate of drug-likeness (QED) is 0.435. The lowest BCUT2D eigenvalue weighted by atomic mass is 10.1. The van der Waals surface area contributed by atoms with Gasteiger partial charge in [-0.2, -0.15) is 4.68 Å². The monoisotopic (exact) mass is 425 g/mol. The number of fused-ring (bicyclic) bond motifs is 1. The topological polar surface area (TPSA) is 97.6 Å². The van der Waals surface area contributed by atoms with Gasteiger partial charge in [0.1, 0.15) is 12.1 Å². The molecule has 2 heterocycles. The minimum atomic E-state index is -0.305. The molecule has 2 N–H and O–H groups in total. The molecule has 5 aromatic rings. The average Bonchev–Trinajstić information content (AvgIpc) is 3.37. The van der Waals surface area contributed by atoms with E-state index in [4.69, 9.17) is 0 Å². The second-order valence-electron chi connectivity index (χ2n) is 6.94. The minimum Gasteiger partial charge on any atom is -0.355 e. The van der Waals surface area contributed by atoms with E-state index in [2.05, 4.69) is 31.1 Å². The lowest BCUT2D eigenvalue weighted by Gasteiger charge is -2.14. The van der Waals surface area contributed by atoms with Gasteiger partial charge >= 0.3 is 0 Å². The number of nitrogens with one attached hydrogen (secondary N) is 2. The number of pyridine rings is 1. The van der Waals surface area contributed by atoms with Gasteiger partial charge in [0, 0.05) is 34.5 Å². The molecule has 0 atom stereocenters. The Hall–Kier alpha value is -4.66. The van der Waals surface area contributed by atoms with Crippen molar-refractivity contribution in [2.75, 3.05) is 10.6 Å². The van der Waals surface area contributed by atoms with Crippen LogP contribution in [0, 0.1) is 5.82 Å². The second kappa shape index (κ2) is 8.23. The first-order valence-corrected chi connectivity index (χ1v) is 9.72. The van der Waals surface area contributed by atoms with Crippen LogP contribution in [0.4, 0.5) is 21.5 Å². The largest absolute Gasteiger partial charge is 0.355 e. The predicted octanol–water partition coefficient (Wildman–Crippen LogP) is 4.35. The maximum absolute atomic E-state index is 13.2. The van der Waals surface area contributed by atoms with E-state index in [-0.39, 0.29) is 11.7 Å². The van der Waals surface area contributed by atoms with E-state index in [0.717, 1.165) is 22.1 Å². The van der Waals surface area contributed by atoms with Crippen LogP contribution in [0.15, 0.2) is 85.5 Å². The molecular weight excluding hydrogens is 409 g/mol. The number of nitrogens with zero attached hydrogens (tertiary/aromatic N) is 5. The molecular formula is C23H16FN7O. The Labute approximate surface area is 181 Å². The zero-order valence-corrected chi connectivity index (χ0v) is 16.6. The summed E-state index contributed by atoms with van der Waals surface area (Å²) in [5.74, 6) is -0.606. The summed E-state index contributed by atoms with van der Waals surface area (Å²) in [7, 11) is 0. The Morgan fingerprint density at radius 2 is 1.72 bits per heavy atom. The highest BCUT2D eigenvalue weighted by Gasteiger charge is 2.15. The summed E-state index contributed by atoms with van der Waals surface area (Å²) in [6.07, 6.45) is 4.80. The number of para-hydroxylation sites is 1. The third-order valence-electron chi connectivity index (χ3n) is 4.93. The predicted molar refractivity (Wildman–Crippen MR) is 119 cm³/mol. The molecule has 1 amide bonds. The van der Waals surface area contributed by atoms with Gasteiger partial charge in [0.05, 0.1) is 16.9 Å². The van der Waals surface area contributed by atoms with Crippen LogP contribution in [0.5, 0.6) is 0 Å². The molecule has 0 spiro atoms. The molecule has 2 aromatic heterocycles. The summed E-state index contributed by atoms with van der Waals surface area (Å²) in [5.41, 5.74) is 3.14. The Balaban J connectivity index is 1.48. The lowest BCUT2D eigenvalue weighted by molar-refractivity contribution is 0.102. The van der Waals surface area contributed by atoms with Crippen LogP contribution in [-0.4, -0.2) is 31.1 Å². The molecule has 0 fully saturated rings. The zero-order chi connectivity index (χ0) is 21.9. The van der Waals surface area contributed by atoms with E-state index in [9.17, 15) is 9.18 Å². The van der Waals surface area contributed by atoms with Crippen molar-refractivity contribution >= 4 is 33.7 Å². The third-order valence-corrected chi connectivity index (χ3v) is 4.93. The summed E-state index contributed by atoms with van der Waals surface area (Å²) in [4.78, 5) is 17.3. The molecule has 0 aliphatic carbocycles. The van der Waals surface area contributed by atoms with Gasteiger partial charge in [0.2, 0.25) is 0 Å². The number of anilines is 3. The van der Waals surface area contributed by atoms with E-state index in [1.165, 1.54) is 23.1 Å². The molecule has 32 heavy (non-hydrogen) atoms. The van der Waals surface area contributed by atoms with Crippen molar-refractivity contribution in [3.8, 4) is 5.69 Å². The van der Waals surface area contributed by atoms with Crippen molar-refractivity contribution in [3.05, 3.63) is 96.8 Å². The molecule has 0 aliphatic heterocycles. The van der Waals surface area contributed by atoms with Crippen LogP contribution < -0.4 is 10.6 Å². The fourth-order valence-electron chi connectivity index (χ4n) is 3.42. The first-order chi connectivity index (χ1) is 15.7. The molecule has 0 saturated carbocycles. The van der Waals surface area contributed by atoms with Crippen molar-refractivity contribution in [2.24, 2.45) is 0 Å². The lowest BCUT2D eigenvalue weighted by Crippen LogP contribution is -2.15. The SMILES string of the molecule is O=C(Nc1ccc(Nc2ccc(F)cc2)c2ccncc12)c1ccccc1-n1cnnn1. The summed E-state index contributed by atoms with van der Waals surface area (Å²) in [6.45, 7) is 0. The molecule has 5 rings (SSSR count). The fraction of sp³-hybridized carbons (Fsp3) is 0. The van der Waals surface area contributed by atoms with E-state index >= 15 is 0 Å². The molecule has 0 saturated heterocycles. The Morgan fingerprint density at radius 3 is 2.53 bits per heavy atom. The van der Waals surface area contributed by atoms with Crippen molar-refractivity contribution in [1.29, 1.82) is 0 Å². The van der Waals surface area contributed by atoms with Gasteiger partial charge < -0.3 is 10.6 Å². The molecule has 8 nitrogen and oxygen atoms in total. The van der Waals surface area contributed by atoms with Crippen LogP contribution in [0.2, 0.25) is 0 Å². The molecule has 156 valence electrons. The van der Waals surface area contributed by atoms with E-state index in [1.54, 1.807) is 48.8 Å². The molecule has 0 radical (unpaired) electrons. The number of benzene rings is 3. The Bertz CT molecular complexity index is 1400. The number of amides is 1. The molecule has 0 bridgehead atoms. The number of hydrogen-bond donors (Lipinski definition) is 2. The number of carbonyl (C=O) groups excluding carboxylic acids is 1. The molecule has 0 aliphatic rings. The van der Waals surface area contributed by atoms with Gasteiger partial charge in [0.15, 0.2) is 0 Å². The van der Waals surface area contributed by atoms with Crippen molar-refractivity contribution in [2.45, 2.75) is 0 Å². The average molecular weight is 425 g/mol. The normalized spacial score (nSPS) is 10.8. The zero-order valence-electron chi connectivity index (χ0n) is 16.6. The number of halogens is 1. The summed E-state index contributed by atoms with van der Waals surface area (Å²) >= 11 is 0. The number of carbonyl (C=O) groups is 1. The van der Waals surface area contributed by atoms with E-state index < -0.39 is 0 Å². The minimum absolute atomic E-state index is 0.301. The van der Waals surface area contributed by atoms with Gasteiger partial charge in [-0.3, -0.25) is 9.78 Å². The summed E-state index contributed by atoms with van der Waals surface area (Å²) in [6, 6.07) is 18.7. The van der Waals surface area contributed by atoms with Crippen molar-refractivity contribution < 1.29 is 9.18 Å². The number of tetrazole rings is 1. The van der Waals surface area contributed by atoms with Gasteiger partial charge in [-0.05, 0) is 65.0 Å². The Morgan fingerprint density at radius 1 is 0.906 bits per heavy atom. The van der Waals surface area contributed by atoms with Gasteiger partial charge in [-0.15, -0.1) is 5.10 Å². The van der Waals surface area contributed by atoms with Crippen LogP contribution >= 0.6 is 0 Å². The van der Waals surface area contributed by atoms with Crippen LogP contribution in [-0.2, 0) is 0 Å². The van der Waals surface area contributed by atoms with Gasteiger partial charge in [0.25, 0.3) is 5.91 Å². The smallest absolute Gasteiger partial charge is 0.257 e. The van der Waals surface area contributed by atoms with Crippen LogP contribution in [0.3, 0.4) is 0 Å². The van der Waals surface area contributed by atoms with Crippen LogP contribution in [0.25, 0.3) is 16.5 Å². The van der Waals surface area contributed by atoms with Gasteiger partial charge in [-0.1, -0.05) is 12.1 Å². The number of rotatable bonds is 5. The highest BCUT2D eigenvalue weighted by molar-refractivity contribution is 6.12. The summed E-state index contributed by atoms with van der Waals surface area (Å²) in [5, 5.41) is 19.0. The van der Waals surface area contributed by atoms with Gasteiger partial charge in [-0.25, -0.2) is 4.39 Å². The first kappa shape index (κ1) is 19.3.